The van der Waals surface area contributed by atoms with Crippen molar-refractivity contribution in [1.29, 1.82) is 0 Å². The number of nitrogens with one attached hydrogen (secondary N) is 1. The van der Waals surface area contributed by atoms with Crippen molar-refractivity contribution in [2.24, 2.45) is 0 Å². The third-order valence-electron chi connectivity index (χ3n) is 3.80. The summed E-state index contributed by atoms with van der Waals surface area (Å²) in [5, 5.41) is 15.9. The number of rotatable bonds is 8. The van der Waals surface area contributed by atoms with Gasteiger partial charge in [0.1, 0.15) is 5.75 Å². The van der Waals surface area contributed by atoms with Gasteiger partial charge in [-0.25, -0.2) is 4.79 Å². The highest BCUT2D eigenvalue weighted by Gasteiger charge is 2.21. The molecule has 0 saturated heterocycles. The molecule has 1 amide bonds. The van der Waals surface area contributed by atoms with Crippen LogP contribution < -0.4 is 10.1 Å². The highest BCUT2D eigenvalue weighted by atomic mass is 16.5. The maximum absolute atomic E-state index is 12.3. The summed E-state index contributed by atoms with van der Waals surface area (Å²) < 4.78 is 10.9. The van der Waals surface area contributed by atoms with Crippen molar-refractivity contribution in [2.75, 3.05) is 5.32 Å². The number of aromatic nitrogens is 2. The van der Waals surface area contributed by atoms with E-state index in [-0.39, 0.29) is 29.4 Å². The van der Waals surface area contributed by atoms with E-state index in [0.29, 0.717) is 36.0 Å². The minimum atomic E-state index is -1.07. The van der Waals surface area contributed by atoms with Crippen LogP contribution in [0.3, 0.4) is 0 Å². The Kier molecular flexibility index (Phi) is 6.77. The van der Waals surface area contributed by atoms with Crippen molar-refractivity contribution in [3.8, 4) is 5.75 Å². The van der Waals surface area contributed by atoms with Crippen molar-refractivity contribution in [3.63, 3.8) is 0 Å². The van der Waals surface area contributed by atoms with Gasteiger partial charge >= 0.3 is 5.97 Å². The minimum Gasteiger partial charge on any atom is -0.489 e. The summed E-state index contributed by atoms with van der Waals surface area (Å²) in [4.78, 5) is 27.8. The van der Waals surface area contributed by atoms with Crippen LogP contribution >= 0.6 is 0 Å². The second-order valence-corrected chi connectivity index (χ2v) is 7.85. The SMILES string of the molecule is CC(C)Oc1ccc(C(=O)O)cc1NC(=O)CCCc1nc(C(C)(C)C)no1. The quantitative estimate of drug-likeness (QED) is 0.705. The molecule has 8 heteroatoms. The molecule has 0 aliphatic carbocycles. The maximum atomic E-state index is 12.3. The van der Waals surface area contributed by atoms with E-state index in [1.807, 2.05) is 34.6 Å². The number of carbonyl (C=O) groups excluding carboxylic acids is 1. The lowest BCUT2D eigenvalue weighted by Gasteiger charge is -2.15. The Bertz CT molecular complexity index is 837. The fourth-order valence-electron chi connectivity index (χ4n) is 2.39. The first-order valence-corrected chi connectivity index (χ1v) is 9.23. The summed E-state index contributed by atoms with van der Waals surface area (Å²) in [6, 6.07) is 4.38. The van der Waals surface area contributed by atoms with Gasteiger partial charge in [0.25, 0.3) is 0 Å². The molecule has 1 aromatic carbocycles. The number of carbonyl (C=O) groups is 2. The normalized spacial score (nSPS) is 11.5. The van der Waals surface area contributed by atoms with Crippen LogP contribution in [-0.2, 0) is 16.6 Å². The van der Waals surface area contributed by atoms with Gasteiger partial charge < -0.3 is 19.7 Å². The molecule has 0 aliphatic heterocycles. The molecule has 152 valence electrons. The lowest BCUT2D eigenvalue weighted by molar-refractivity contribution is -0.116. The lowest BCUT2D eigenvalue weighted by Crippen LogP contribution is -2.15. The molecule has 0 atom stereocenters. The summed E-state index contributed by atoms with van der Waals surface area (Å²) >= 11 is 0. The molecule has 2 rings (SSSR count). The van der Waals surface area contributed by atoms with Gasteiger partial charge in [-0.1, -0.05) is 25.9 Å². The number of nitrogens with zero attached hydrogens (tertiary/aromatic N) is 2. The van der Waals surface area contributed by atoms with Crippen LogP contribution in [0.4, 0.5) is 5.69 Å². The van der Waals surface area contributed by atoms with E-state index in [4.69, 9.17) is 14.4 Å². The number of hydrogen-bond acceptors (Lipinski definition) is 6. The number of benzene rings is 1. The number of aromatic carboxylic acids is 1. The second kappa shape index (κ2) is 8.86. The zero-order chi connectivity index (χ0) is 20.9. The molecule has 0 bridgehead atoms. The van der Waals surface area contributed by atoms with Crippen LogP contribution in [0.25, 0.3) is 0 Å². The number of carboxylic acids is 1. The van der Waals surface area contributed by atoms with Crippen LogP contribution in [0.5, 0.6) is 5.75 Å². The smallest absolute Gasteiger partial charge is 0.335 e. The average Bonchev–Trinajstić information content (AvgIpc) is 3.05. The van der Waals surface area contributed by atoms with Gasteiger partial charge in [0.05, 0.1) is 17.4 Å². The van der Waals surface area contributed by atoms with Crippen molar-refractivity contribution >= 4 is 17.6 Å². The van der Waals surface area contributed by atoms with Crippen LogP contribution in [0.15, 0.2) is 22.7 Å². The molecule has 0 unspecified atom stereocenters. The fourth-order valence-corrected chi connectivity index (χ4v) is 2.39. The van der Waals surface area contributed by atoms with Crippen LogP contribution in [0.2, 0.25) is 0 Å². The molecule has 2 aromatic rings. The monoisotopic (exact) mass is 389 g/mol. The molecule has 2 N–H and O–H groups in total. The van der Waals surface area contributed by atoms with Gasteiger partial charge in [0, 0.05) is 18.3 Å². The third-order valence-corrected chi connectivity index (χ3v) is 3.80. The number of carboxylic acid groups (broad SMARTS) is 1. The number of anilines is 1. The van der Waals surface area contributed by atoms with Crippen LogP contribution in [-0.4, -0.2) is 33.2 Å². The Hall–Kier alpha value is -2.90. The van der Waals surface area contributed by atoms with E-state index >= 15 is 0 Å². The maximum Gasteiger partial charge on any atom is 0.335 e. The zero-order valence-corrected chi connectivity index (χ0v) is 16.9. The lowest BCUT2D eigenvalue weighted by atomic mass is 9.96. The van der Waals surface area contributed by atoms with Crippen molar-refractivity contribution in [3.05, 3.63) is 35.5 Å². The van der Waals surface area contributed by atoms with E-state index in [9.17, 15) is 9.59 Å². The molecule has 0 saturated carbocycles. The largest absolute Gasteiger partial charge is 0.489 e. The molecule has 28 heavy (non-hydrogen) atoms. The first-order valence-electron chi connectivity index (χ1n) is 9.23. The highest BCUT2D eigenvalue weighted by molar-refractivity contribution is 5.95. The molecule has 8 nitrogen and oxygen atoms in total. The number of hydrogen-bond donors (Lipinski definition) is 2. The summed E-state index contributed by atoms with van der Waals surface area (Å²) in [6.45, 7) is 9.70. The Morgan fingerprint density at radius 3 is 2.57 bits per heavy atom. The summed E-state index contributed by atoms with van der Waals surface area (Å²) in [5.41, 5.74) is 0.222. The van der Waals surface area contributed by atoms with E-state index in [2.05, 4.69) is 15.5 Å². The van der Waals surface area contributed by atoms with E-state index in [1.165, 1.54) is 12.1 Å². The molecule has 1 heterocycles. The number of ether oxygens (including phenoxy) is 1. The predicted molar refractivity (Wildman–Crippen MR) is 104 cm³/mol. The first kappa shape index (κ1) is 21.4. The number of aryl methyl sites for hydroxylation is 1. The molecular formula is C20H27N3O5. The van der Waals surface area contributed by atoms with Gasteiger partial charge in [-0.3, -0.25) is 4.79 Å². The Balaban J connectivity index is 1.97. The van der Waals surface area contributed by atoms with Crippen molar-refractivity contribution in [1.82, 2.24) is 10.1 Å². The van der Waals surface area contributed by atoms with Gasteiger partial charge in [-0.2, -0.15) is 4.98 Å². The Labute approximate surface area is 164 Å². The van der Waals surface area contributed by atoms with Crippen molar-refractivity contribution in [2.45, 2.75) is 65.4 Å². The third kappa shape index (κ3) is 6.07. The van der Waals surface area contributed by atoms with E-state index in [0.717, 1.165) is 0 Å². The molecule has 0 radical (unpaired) electrons. The standard InChI is InChI=1S/C20H27N3O5/c1-12(2)27-15-10-9-13(18(25)26)11-14(15)21-16(24)7-6-8-17-22-19(23-28-17)20(3,4)5/h9-12H,6-8H2,1-5H3,(H,21,24)(H,25,26). The molecule has 1 aromatic heterocycles. The van der Waals surface area contributed by atoms with Crippen molar-refractivity contribution < 1.29 is 24.0 Å². The number of amides is 1. The van der Waals surface area contributed by atoms with Gasteiger partial charge in [0.2, 0.25) is 11.8 Å². The van der Waals surface area contributed by atoms with Gasteiger partial charge in [-0.05, 0) is 38.5 Å². The summed E-state index contributed by atoms with van der Waals surface area (Å²) in [5.74, 6) is 0.242. The highest BCUT2D eigenvalue weighted by Crippen LogP contribution is 2.27. The summed E-state index contributed by atoms with van der Waals surface area (Å²) in [7, 11) is 0. The van der Waals surface area contributed by atoms with E-state index in [1.54, 1.807) is 6.07 Å². The van der Waals surface area contributed by atoms with Crippen LogP contribution in [0, 0.1) is 0 Å². The summed E-state index contributed by atoms with van der Waals surface area (Å²) in [6.07, 6.45) is 1.13. The average molecular weight is 389 g/mol. The fraction of sp³-hybridized carbons (Fsp3) is 0.500. The molecule has 0 spiro atoms. The topological polar surface area (TPSA) is 115 Å². The zero-order valence-electron chi connectivity index (χ0n) is 16.9. The van der Waals surface area contributed by atoms with Crippen LogP contribution in [0.1, 0.15) is 69.5 Å². The second-order valence-electron chi connectivity index (χ2n) is 7.85. The predicted octanol–water partition coefficient (Wildman–Crippen LogP) is 3.81. The Morgan fingerprint density at radius 1 is 1.29 bits per heavy atom. The minimum absolute atomic E-state index is 0.0759. The van der Waals surface area contributed by atoms with E-state index < -0.39 is 5.97 Å². The Morgan fingerprint density at radius 2 is 2.00 bits per heavy atom. The molecule has 0 aliphatic rings. The molecule has 0 fully saturated rings. The van der Waals surface area contributed by atoms with Gasteiger partial charge in [-0.15, -0.1) is 0 Å². The molecular weight excluding hydrogens is 362 g/mol. The van der Waals surface area contributed by atoms with Gasteiger partial charge in [0.15, 0.2) is 5.82 Å². The first-order chi connectivity index (χ1) is 13.1.